The van der Waals surface area contributed by atoms with E-state index in [-0.39, 0.29) is 12.0 Å². The van der Waals surface area contributed by atoms with Crippen molar-refractivity contribution in [3.8, 4) is 0 Å². The van der Waals surface area contributed by atoms with Crippen LogP contribution in [0.4, 0.5) is 0 Å². The maximum Gasteiger partial charge on any atom is 0.231 e. The van der Waals surface area contributed by atoms with Crippen LogP contribution in [0.25, 0.3) is 0 Å². The summed E-state index contributed by atoms with van der Waals surface area (Å²) in [5.41, 5.74) is 7.11. The molecule has 2 heterocycles. The van der Waals surface area contributed by atoms with E-state index < -0.39 is 0 Å². The van der Waals surface area contributed by atoms with Gasteiger partial charge in [-0.2, -0.15) is 4.98 Å². The molecule has 0 amide bonds. The number of nitrogens with zero attached hydrogens (tertiary/aromatic N) is 3. The fourth-order valence-electron chi connectivity index (χ4n) is 2.28. The molecule has 0 saturated heterocycles. The summed E-state index contributed by atoms with van der Waals surface area (Å²) in [6, 6.07) is 3.89. The largest absolute Gasteiger partial charge is 0.339 e. The number of aromatic nitrogens is 3. The zero-order valence-electron chi connectivity index (χ0n) is 11.6. The first-order valence-corrected chi connectivity index (χ1v) is 6.55. The Morgan fingerprint density at radius 3 is 2.47 bits per heavy atom. The molecule has 2 aromatic heterocycles. The molecule has 2 rings (SSSR count). The van der Waals surface area contributed by atoms with Crippen LogP contribution in [0.2, 0.25) is 0 Å². The summed E-state index contributed by atoms with van der Waals surface area (Å²) in [7, 11) is 0. The van der Waals surface area contributed by atoms with Gasteiger partial charge in [0.25, 0.3) is 0 Å². The van der Waals surface area contributed by atoms with Gasteiger partial charge >= 0.3 is 0 Å². The highest BCUT2D eigenvalue weighted by atomic mass is 16.5. The Bertz CT molecular complexity index is 499. The summed E-state index contributed by atoms with van der Waals surface area (Å²) in [6.45, 7) is 6.19. The van der Waals surface area contributed by atoms with Crippen LogP contribution in [0, 0.1) is 5.92 Å². The van der Waals surface area contributed by atoms with Crippen molar-refractivity contribution >= 4 is 0 Å². The Morgan fingerprint density at radius 1 is 1.21 bits per heavy atom. The van der Waals surface area contributed by atoms with Crippen LogP contribution in [0.1, 0.15) is 44.0 Å². The van der Waals surface area contributed by atoms with Gasteiger partial charge in [0.2, 0.25) is 5.89 Å². The molecule has 0 spiro atoms. The molecular weight excluding hydrogens is 240 g/mol. The SMILES string of the molecule is CC(C)C(c1nc(Cc2ccncc2)no1)C(C)N. The molecule has 0 aliphatic rings. The maximum absolute atomic E-state index is 6.00. The van der Waals surface area contributed by atoms with Crippen LogP contribution in [0.5, 0.6) is 0 Å². The molecule has 102 valence electrons. The summed E-state index contributed by atoms with van der Waals surface area (Å²) in [4.78, 5) is 8.46. The van der Waals surface area contributed by atoms with Gasteiger partial charge in [0, 0.05) is 24.9 Å². The molecule has 0 radical (unpaired) electrons. The molecule has 0 bridgehead atoms. The van der Waals surface area contributed by atoms with Gasteiger partial charge in [-0.3, -0.25) is 4.98 Å². The summed E-state index contributed by atoms with van der Waals surface area (Å²) < 4.78 is 5.36. The highest BCUT2D eigenvalue weighted by Gasteiger charge is 2.26. The topological polar surface area (TPSA) is 77.8 Å². The van der Waals surface area contributed by atoms with Gasteiger partial charge in [-0.05, 0) is 30.5 Å². The molecule has 0 aliphatic carbocycles. The van der Waals surface area contributed by atoms with Crippen LogP contribution in [-0.2, 0) is 6.42 Å². The highest BCUT2D eigenvalue weighted by molar-refractivity contribution is 5.15. The molecule has 0 fully saturated rings. The first-order valence-electron chi connectivity index (χ1n) is 6.55. The van der Waals surface area contributed by atoms with Crippen LogP contribution >= 0.6 is 0 Å². The van der Waals surface area contributed by atoms with E-state index in [2.05, 4.69) is 29.0 Å². The molecule has 5 nitrogen and oxygen atoms in total. The monoisotopic (exact) mass is 260 g/mol. The average molecular weight is 260 g/mol. The summed E-state index contributed by atoms with van der Waals surface area (Å²) in [6.07, 6.45) is 4.17. The zero-order chi connectivity index (χ0) is 13.8. The van der Waals surface area contributed by atoms with Gasteiger partial charge in [0.15, 0.2) is 5.82 Å². The van der Waals surface area contributed by atoms with Crippen molar-refractivity contribution in [1.29, 1.82) is 0 Å². The summed E-state index contributed by atoms with van der Waals surface area (Å²) >= 11 is 0. The minimum Gasteiger partial charge on any atom is -0.339 e. The smallest absolute Gasteiger partial charge is 0.231 e. The standard InChI is InChI=1S/C14H20N4O/c1-9(2)13(10(3)15)14-17-12(18-19-14)8-11-4-6-16-7-5-11/h4-7,9-10,13H,8,15H2,1-3H3. The number of hydrogen-bond acceptors (Lipinski definition) is 5. The first-order chi connectivity index (χ1) is 9.08. The van der Waals surface area contributed by atoms with Gasteiger partial charge in [-0.25, -0.2) is 0 Å². The van der Waals surface area contributed by atoms with Crippen LogP contribution in [0.3, 0.4) is 0 Å². The fraction of sp³-hybridized carbons (Fsp3) is 0.500. The van der Waals surface area contributed by atoms with Crippen molar-refractivity contribution in [1.82, 2.24) is 15.1 Å². The quantitative estimate of drug-likeness (QED) is 0.891. The van der Waals surface area contributed by atoms with Gasteiger partial charge in [0.05, 0.1) is 5.92 Å². The number of nitrogens with two attached hydrogens (primary N) is 1. The maximum atomic E-state index is 6.00. The normalized spacial score (nSPS) is 14.6. The highest BCUT2D eigenvalue weighted by Crippen LogP contribution is 2.25. The Labute approximate surface area is 113 Å². The van der Waals surface area contributed by atoms with Crippen molar-refractivity contribution in [3.63, 3.8) is 0 Å². The van der Waals surface area contributed by atoms with Crippen LogP contribution < -0.4 is 5.73 Å². The van der Waals surface area contributed by atoms with E-state index in [1.165, 1.54) is 0 Å². The molecule has 0 aromatic carbocycles. The predicted molar refractivity (Wildman–Crippen MR) is 72.6 cm³/mol. The lowest BCUT2D eigenvalue weighted by atomic mass is 9.90. The Morgan fingerprint density at radius 2 is 1.89 bits per heavy atom. The third-order valence-corrected chi connectivity index (χ3v) is 3.17. The lowest BCUT2D eigenvalue weighted by Gasteiger charge is -2.20. The van der Waals surface area contributed by atoms with E-state index in [0.717, 1.165) is 5.56 Å². The molecule has 5 heteroatoms. The second-order valence-electron chi connectivity index (χ2n) is 5.21. The molecule has 2 aromatic rings. The summed E-state index contributed by atoms with van der Waals surface area (Å²) in [5.74, 6) is 1.79. The lowest BCUT2D eigenvalue weighted by Crippen LogP contribution is -2.28. The van der Waals surface area contributed by atoms with Crippen molar-refractivity contribution in [2.45, 2.75) is 39.2 Å². The number of pyridine rings is 1. The van der Waals surface area contributed by atoms with E-state index in [0.29, 0.717) is 24.1 Å². The van der Waals surface area contributed by atoms with Crippen LogP contribution in [0.15, 0.2) is 29.0 Å². The predicted octanol–water partition coefficient (Wildman–Crippen LogP) is 2.14. The van der Waals surface area contributed by atoms with E-state index in [4.69, 9.17) is 10.3 Å². The zero-order valence-corrected chi connectivity index (χ0v) is 11.6. The number of rotatable bonds is 5. The minimum absolute atomic E-state index is 0.00535. The second kappa shape index (κ2) is 5.93. The molecule has 2 atom stereocenters. The van der Waals surface area contributed by atoms with Crippen molar-refractivity contribution < 1.29 is 4.52 Å². The van der Waals surface area contributed by atoms with E-state index >= 15 is 0 Å². The van der Waals surface area contributed by atoms with Gasteiger partial charge in [-0.15, -0.1) is 0 Å². The van der Waals surface area contributed by atoms with E-state index in [1.54, 1.807) is 12.4 Å². The Kier molecular flexibility index (Phi) is 4.27. The third-order valence-electron chi connectivity index (χ3n) is 3.17. The third kappa shape index (κ3) is 3.38. The molecule has 19 heavy (non-hydrogen) atoms. The van der Waals surface area contributed by atoms with Crippen molar-refractivity contribution in [2.24, 2.45) is 11.7 Å². The number of hydrogen-bond donors (Lipinski definition) is 1. The minimum atomic E-state index is -0.00535. The molecule has 2 N–H and O–H groups in total. The van der Waals surface area contributed by atoms with Gasteiger partial charge in [-0.1, -0.05) is 19.0 Å². The van der Waals surface area contributed by atoms with Gasteiger partial charge < -0.3 is 10.3 Å². The Hall–Kier alpha value is -1.75. The second-order valence-corrected chi connectivity index (χ2v) is 5.21. The van der Waals surface area contributed by atoms with E-state index in [9.17, 15) is 0 Å². The van der Waals surface area contributed by atoms with Crippen LogP contribution in [-0.4, -0.2) is 21.2 Å². The molecule has 0 aliphatic heterocycles. The summed E-state index contributed by atoms with van der Waals surface area (Å²) in [5, 5.41) is 4.04. The van der Waals surface area contributed by atoms with Crippen molar-refractivity contribution in [2.75, 3.05) is 0 Å². The van der Waals surface area contributed by atoms with Crippen molar-refractivity contribution in [3.05, 3.63) is 41.8 Å². The van der Waals surface area contributed by atoms with E-state index in [1.807, 2.05) is 19.1 Å². The average Bonchev–Trinajstić information content (AvgIpc) is 2.77. The van der Waals surface area contributed by atoms with Gasteiger partial charge in [0.1, 0.15) is 0 Å². The molecule has 0 saturated carbocycles. The Balaban J connectivity index is 2.14. The lowest BCUT2D eigenvalue weighted by molar-refractivity contribution is 0.298. The fourth-order valence-corrected chi connectivity index (χ4v) is 2.28. The molecule has 2 unspecified atom stereocenters. The first kappa shape index (κ1) is 13.7. The molecular formula is C14H20N4O.